The van der Waals surface area contributed by atoms with E-state index >= 15 is 0 Å². The molecule has 0 radical (unpaired) electrons. The minimum atomic E-state index is -2.45. The van der Waals surface area contributed by atoms with Gasteiger partial charge >= 0.3 is 17.9 Å². The fourth-order valence-corrected chi connectivity index (χ4v) is 1.01. The Bertz CT molecular complexity index is 321. The Kier molecular flexibility index (Phi) is 4.64. The maximum absolute atomic E-state index is 10.7. The molecule has 7 heteroatoms. The third kappa shape index (κ3) is 3.70. The summed E-state index contributed by atoms with van der Waals surface area (Å²) in [4.78, 5) is 31.6. The molecule has 0 aliphatic carbocycles. The average Bonchev–Trinajstić information content (AvgIpc) is 2.13. The second-order valence-electron chi connectivity index (χ2n) is 3.40. The molecule has 0 saturated carbocycles. The first-order valence-electron chi connectivity index (χ1n) is 4.34. The van der Waals surface area contributed by atoms with E-state index in [1.165, 1.54) is 0 Å². The van der Waals surface area contributed by atoms with Gasteiger partial charge in [0, 0.05) is 12.8 Å². The molecule has 90 valence electrons. The van der Waals surface area contributed by atoms with E-state index in [2.05, 4.69) is 6.58 Å². The summed E-state index contributed by atoms with van der Waals surface area (Å²) >= 11 is 0. The predicted octanol–water partition coefficient (Wildman–Crippen LogP) is -0.336. The van der Waals surface area contributed by atoms with Crippen molar-refractivity contribution in [1.29, 1.82) is 0 Å². The number of hydrogen-bond donors (Lipinski definition) is 4. The maximum atomic E-state index is 10.7. The molecule has 0 bridgehead atoms. The maximum Gasteiger partial charge on any atom is 0.335 e. The number of nitrogens with two attached hydrogens (primary N) is 1. The van der Waals surface area contributed by atoms with Crippen LogP contribution in [0.5, 0.6) is 0 Å². The van der Waals surface area contributed by atoms with Gasteiger partial charge in [-0.25, -0.2) is 9.59 Å². The zero-order valence-corrected chi connectivity index (χ0v) is 8.47. The molecular formula is C9H13NO6. The Labute approximate surface area is 91.2 Å². The first kappa shape index (κ1) is 14.1. The van der Waals surface area contributed by atoms with Crippen molar-refractivity contribution >= 4 is 17.9 Å². The van der Waals surface area contributed by atoms with Crippen molar-refractivity contribution in [3.05, 3.63) is 12.2 Å². The van der Waals surface area contributed by atoms with E-state index in [9.17, 15) is 14.4 Å². The molecule has 16 heavy (non-hydrogen) atoms. The molecule has 0 aliphatic rings. The van der Waals surface area contributed by atoms with Gasteiger partial charge in [-0.2, -0.15) is 0 Å². The number of rotatable bonds is 7. The molecule has 0 unspecified atom stereocenters. The summed E-state index contributed by atoms with van der Waals surface area (Å²) in [5, 5.41) is 25.7. The van der Waals surface area contributed by atoms with Crippen molar-refractivity contribution in [1.82, 2.24) is 0 Å². The van der Waals surface area contributed by atoms with Crippen LogP contribution in [-0.2, 0) is 14.4 Å². The molecule has 0 aromatic rings. The Morgan fingerprint density at radius 2 is 1.50 bits per heavy atom. The van der Waals surface area contributed by atoms with Crippen LogP contribution in [0.3, 0.4) is 0 Å². The summed E-state index contributed by atoms with van der Waals surface area (Å²) in [6.45, 7) is 3.41. The average molecular weight is 231 g/mol. The topological polar surface area (TPSA) is 138 Å². The predicted molar refractivity (Wildman–Crippen MR) is 52.8 cm³/mol. The number of carbonyl (C=O) groups is 3. The summed E-state index contributed by atoms with van der Waals surface area (Å²) < 4.78 is 0. The number of carboxylic acids is 3. The third-order valence-electron chi connectivity index (χ3n) is 1.98. The van der Waals surface area contributed by atoms with Gasteiger partial charge in [0.25, 0.3) is 0 Å². The van der Waals surface area contributed by atoms with Gasteiger partial charge in [0.15, 0.2) is 0 Å². The first-order valence-corrected chi connectivity index (χ1v) is 4.34. The molecular weight excluding hydrogens is 218 g/mol. The van der Waals surface area contributed by atoms with Crippen LogP contribution in [0, 0.1) is 0 Å². The third-order valence-corrected chi connectivity index (χ3v) is 1.98. The lowest BCUT2D eigenvalue weighted by molar-refractivity contribution is -0.156. The highest BCUT2D eigenvalue weighted by molar-refractivity contribution is 6.03. The van der Waals surface area contributed by atoms with Gasteiger partial charge in [0.05, 0.1) is 0 Å². The SMILES string of the molecule is C=C(CCC(=O)O)CC(N)(C(=O)O)C(=O)O. The van der Waals surface area contributed by atoms with E-state index in [1.54, 1.807) is 0 Å². The second kappa shape index (κ2) is 5.26. The summed E-state index contributed by atoms with van der Waals surface area (Å²) in [5.74, 6) is -4.44. The lowest BCUT2D eigenvalue weighted by atomic mass is 9.90. The van der Waals surface area contributed by atoms with Crippen LogP contribution in [0.1, 0.15) is 19.3 Å². The monoisotopic (exact) mass is 231 g/mol. The van der Waals surface area contributed by atoms with Gasteiger partial charge in [0.2, 0.25) is 5.54 Å². The zero-order chi connectivity index (χ0) is 12.9. The molecule has 0 rings (SSSR count). The van der Waals surface area contributed by atoms with Crippen molar-refractivity contribution in [3.63, 3.8) is 0 Å². The van der Waals surface area contributed by atoms with E-state index in [4.69, 9.17) is 21.1 Å². The molecule has 0 aromatic carbocycles. The Hall–Kier alpha value is -1.89. The molecule has 0 aromatic heterocycles. The molecule has 5 N–H and O–H groups in total. The van der Waals surface area contributed by atoms with Gasteiger partial charge < -0.3 is 21.1 Å². The van der Waals surface area contributed by atoms with Crippen molar-refractivity contribution in [3.8, 4) is 0 Å². The summed E-state index contributed by atoms with van der Waals surface area (Å²) in [6.07, 6.45) is -0.742. The minimum absolute atomic E-state index is 0.00512. The van der Waals surface area contributed by atoms with Crippen molar-refractivity contribution in [2.75, 3.05) is 0 Å². The smallest absolute Gasteiger partial charge is 0.335 e. The normalized spacial score (nSPS) is 10.8. The first-order chi connectivity index (χ1) is 7.20. The Balaban J connectivity index is 4.54. The molecule has 7 nitrogen and oxygen atoms in total. The lowest BCUT2D eigenvalue weighted by Gasteiger charge is -2.20. The van der Waals surface area contributed by atoms with E-state index in [1.807, 2.05) is 0 Å². The van der Waals surface area contributed by atoms with Crippen LogP contribution in [0.15, 0.2) is 12.2 Å². The van der Waals surface area contributed by atoms with Gasteiger partial charge in [0.1, 0.15) is 0 Å². The van der Waals surface area contributed by atoms with Gasteiger partial charge in [-0.15, -0.1) is 0 Å². The van der Waals surface area contributed by atoms with E-state index in [0.717, 1.165) is 0 Å². The number of carboxylic acid groups (broad SMARTS) is 3. The highest BCUT2D eigenvalue weighted by Crippen LogP contribution is 2.17. The molecule has 0 heterocycles. The van der Waals surface area contributed by atoms with Crippen LogP contribution in [0.2, 0.25) is 0 Å². The van der Waals surface area contributed by atoms with Crippen LogP contribution >= 0.6 is 0 Å². The van der Waals surface area contributed by atoms with Crippen molar-refractivity contribution in [2.45, 2.75) is 24.8 Å². The Morgan fingerprint density at radius 1 is 1.06 bits per heavy atom. The van der Waals surface area contributed by atoms with E-state index in [-0.39, 0.29) is 18.4 Å². The van der Waals surface area contributed by atoms with Crippen LogP contribution in [0.4, 0.5) is 0 Å². The fraction of sp³-hybridized carbons (Fsp3) is 0.444. The summed E-state index contributed by atoms with van der Waals surface area (Å²) in [7, 11) is 0. The minimum Gasteiger partial charge on any atom is -0.481 e. The molecule has 0 aliphatic heterocycles. The van der Waals surface area contributed by atoms with Crippen LogP contribution in [0.25, 0.3) is 0 Å². The van der Waals surface area contributed by atoms with E-state index < -0.39 is 29.9 Å². The number of hydrogen-bond acceptors (Lipinski definition) is 4. The van der Waals surface area contributed by atoms with Gasteiger partial charge in [-0.3, -0.25) is 4.79 Å². The molecule has 0 amide bonds. The summed E-state index contributed by atoms with van der Waals surface area (Å²) in [5.41, 5.74) is 2.91. The van der Waals surface area contributed by atoms with Crippen LogP contribution in [-0.4, -0.2) is 38.8 Å². The van der Waals surface area contributed by atoms with Crippen molar-refractivity contribution in [2.24, 2.45) is 5.73 Å². The summed E-state index contributed by atoms with van der Waals surface area (Å²) in [6, 6.07) is 0. The highest BCUT2D eigenvalue weighted by atomic mass is 16.4. The lowest BCUT2D eigenvalue weighted by Crippen LogP contribution is -2.55. The molecule has 0 saturated heterocycles. The van der Waals surface area contributed by atoms with Gasteiger partial charge in [-0.05, 0) is 6.42 Å². The quantitative estimate of drug-likeness (QED) is 0.347. The molecule has 0 spiro atoms. The highest BCUT2D eigenvalue weighted by Gasteiger charge is 2.42. The fourth-order valence-electron chi connectivity index (χ4n) is 1.01. The zero-order valence-electron chi connectivity index (χ0n) is 8.47. The van der Waals surface area contributed by atoms with E-state index in [0.29, 0.717) is 0 Å². The Morgan fingerprint density at radius 3 is 1.81 bits per heavy atom. The van der Waals surface area contributed by atoms with Crippen LogP contribution < -0.4 is 5.73 Å². The standard InChI is InChI=1S/C9H13NO6/c1-5(2-3-6(11)12)4-9(10,7(13)14)8(15)16/h1-4,10H2,(H,11,12)(H,13,14)(H,15,16). The second-order valence-corrected chi connectivity index (χ2v) is 3.40. The molecule has 0 atom stereocenters. The van der Waals surface area contributed by atoms with Gasteiger partial charge in [-0.1, -0.05) is 12.2 Å². The number of aliphatic carboxylic acids is 3. The largest absolute Gasteiger partial charge is 0.481 e. The molecule has 0 fully saturated rings. The van der Waals surface area contributed by atoms with Crippen molar-refractivity contribution < 1.29 is 29.7 Å².